The van der Waals surface area contributed by atoms with E-state index in [1.807, 2.05) is 25.4 Å². The summed E-state index contributed by atoms with van der Waals surface area (Å²) in [5, 5.41) is 2.99. The van der Waals surface area contributed by atoms with Crippen LogP contribution in [0.25, 0.3) is 0 Å². The van der Waals surface area contributed by atoms with Gasteiger partial charge in [-0.1, -0.05) is 13.0 Å². The predicted octanol–water partition coefficient (Wildman–Crippen LogP) is 1.42. The predicted molar refractivity (Wildman–Crippen MR) is 78.0 cm³/mol. The second kappa shape index (κ2) is 7.74. The maximum Gasteiger partial charge on any atom is 0.236 e. The van der Waals surface area contributed by atoms with Crippen molar-refractivity contribution in [1.29, 1.82) is 0 Å². The fraction of sp³-hybridized carbons (Fsp3) is 0.571. The van der Waals surface area contributed by atoms with Crippen molar-refractivity contribution in [1.82, 2.24) is 14.8 Å². The van der Waals surface area contributed by atoms with Crippen LogP contribution in [0.4, 0.5) is 5.82 Å². The Balaban J connectivity index is 2.63. The number of amides is 1. The van der Waals surface area contributed by atoms with Crippen molar-refractivity contribution in [3.63, 3.8) is 0 Å². The van der Waals surface area contributed by atoms with Gasteiger partial charge in [0.05, 0.1) is 6.54 Å². The lowest BCUT2D eigenvalue weighted by atomic mass is 10.2. The van der Waals surface area contributed by atoms with Crippen LogP contribution in [0.1, 0.15) is 18.9 Å². The lowest BCUT2D eigenvalue weighted by Gasteiger charge is -2.23. The van der Waals surface area contributed by atoms with Gasteiger partial charge in [-0.25, -0.2) is 4.98 Å². The van der Waals surface area contributed by atoms with Crippen molar-refractivity contribution >= 4 is 11.7 Å². The lowest BCUT2D eigenvalue weighted by molar-refractivity contribution is -0.130. The smallest absolute Gasteiger partial charge is 0.236 e. The van der Waals surface area contributed by atoms with Gasteiger partial charge < -0.3 is 10.2 Å². The molecule has 0 aliphatic heterocycles. The molecule has 1 heterocycles. The molecule has 0 bridgehead atoms. The number of hydrogen-bond donors (Lipinski definition) is 1. The van der Waals surface area contributed by atoms with Crippen LogP contribution in [0.2, 0.25) is 0 Å². The Bertz CT molecular complexity index is 389. The summed E-state index contributed by atoms with van der Waals surface area (Å²) < 4.78 is 0. The average Bonchev–Trinajstić information content (AvgIpc) is 2.39. The van der Waals surface area contributed by atoms with Crippen LogP contribution in [-0.2, 0) is 11.3 Å². The van der Waals surface area contributed by atoms with Gasteiger partial charge in [0.15, 0.2) is 0 Å². The van der Waals surface area contributed by atoms with Crippen LogP contribution >= 0.6 is 0 Å². The highest BCUT2D eigenvalue weighted by molar-refractivity contribution is 5.77. The molecule has 0 aromatic carbocycles. The van der Waals surface area contributed by atoms with E-state index in [2.05, 4.69) is 22.1 Å². The Morgan fingerprint density at radius 3 is 2.58 bits per heavy atom. The molecule has 0 saturated heterocycles. The number of rotatable bonds is 7. The number of hydrogen-bond acceptors (Lipinski definition) is 4. The van der Waals surface area contributed by atoms with E-state index < -0.39 is 0 Å². The van der Waals surface area contributed by atoms with Crippen molar-refractivity contribution in [2.45, 2.75) is 19.9 Å². The zero-order valence-electron chi connectivity index (χ0n) is 12.3. The molecule has 106 valence electrons. The molecule has 1 aromatic heterocycles. The molecule has 0 aliphatic carbocycles. The topological polar surface area (TPSA) is 48.5 Å². The number of nitrogens with one attached hydrogen (secondary N) is 1. The third kappa shape index (κ3) is 5.26. The summed E-state index contributed by atoms with van der Waals surface area (Å²) in [6.45, 7) is 4.24. The van der Waals surface area contributed by atoms with Crippen LogP contribution < -0.4 is 5.32 Å². The minimum absolute atomic E-state index is 0.133. The molecule has 0 atom stereocenters. The van der Waals surface area contributed by atoms with Gasteiger partial charge in [0, 0.05) is 33.9 Å². The van der Waals surface area contributed by atoms with E-state index in [4.69, 9.17) is 0 Å². The first-order chi connectivity index (χ1) is 9.06. The first-order valence-corrected chi connectivity index (χ1v) is 6.62. The molecule has 19 heavy (non-hydrogen) atoms. The largest absolute Gasteiger partial charge is 0.373 e. The maximum atomic E-state index is 11.8. The van der Waals surface area contributed by atoms with E-state index in [-0.39, 0.29) is 5.91 Å². The molecule has 0 unspecified atom stereocenters. The van der Waals surface area contributed by atoms with Crippen molar-refractivity contribution in [2.24, 2.45) is 0 Å². The standard InChI is InChI=1S/C14H24N4O/c1-5-8-18(11-14(19)17(3)4)10-12-6-7-13(15-2)16-9-12/h6-7,9H,5,8,10-11H2,1-4H3,(H,15,16). The number of anilines is 1. The highest BCUT2D eigenvalue weighted by atomic mass is 16.2. The molecule has 0 spiro atoms. The summed E-state index contributed by atoms with van der Waals surface area (Å²) >= 11 is 0. The number of carbonyl (C=O) groups is 1. The summed E-state index contributed by atoms with van der Waals surface area (Å²) in [5.74, 6) is 0.989. The lowest BCUT2D eigenvalue weighted by Crippen LogP contribution is -2.36. The Morgan fingerprint density at radius 2 is 2.11 bits per heavy atom. The van der Waals surface area contributed by atoms with E-state index in [9.17, 15) is 4.79 Å². The highest BCUT2D eigenvalue weighted by Gasteiger charge is 2.12. The SMILES string of the molecule is CCCN(CC(=O)N(C)C)Cc1ccc(NC)nc1. The highest BCUT2D eigenvalue weighted by Crippen LogP contribution is 2.08. The van der Waals surface area contributed by atoms with E-state index in [1.54, 1.807) is 19.0 Å². The molecule has 1 aromatic rings. The van der Waals surface area contributed by atoms with Crippen molar-refractivity contribution in [2.75, 3.05) is 39.5 Å². The number of aromatic nitrogens is 1. The number of likely N-dealkylation sites (N-methyl/N-ethyl adjacent to an activating group) is 1. The van der Waals surface area contributed by atoms with Gasteiger partial charge in [0.1, 0.15) is 5.82 Å². The minimum atomic E-state index is 0.133. The maximum absolute atomic E-state index is 11.8. The summed E-state index contributed by atoms with van der Waals surface area (Å²) in [6, 6.07) is 3.99. The monoisotopic (exact) mass is 264 g/mol. The Kier molecular flexibility index (Phi) is 6.29. The van der Waals surface area contributed by atoms with Gasteiger partial charge in [-0.2, -0.15) is 0 Å². The number of pyridine rings is 1. The molecule has 0 saturated carbocycles. The van der Waals surface area contributed by atoms with E-state index >= 15 is 0 Å². The van der Waals surface area contributed by atoms with E-state index in [0.717, 1.165) is 30.9 Å². The third-order valence-corrected chi connectivity index (χ3v) is 2.88. The molecule has 1 rings (SSSR count). The quantitative estimate of drug-likeness (QED) is 0.809. The zero-order valence-corrected chi connectivity index (χ0v) is 12.3. The van der Waals surface area contributed by atoms with Crippen LogP contribution in [-0.4, -0.2) is 54.9 Å². The van der Waals surface area contributed by atoms with Crippen molar-refractivity contribution < 1.29 is 4.79 Å². The van der Waals surface area contributed by atoms with Gasteiger partial charge >= 0.3 is 0 Å². The molecular formula is C14H24N4O. The molecule has 0 fully saturated rings. The average molecular weight is 264 g/mol. The Labute approximate surface area is 115 Å². The first-order valence-electron chi connectivity index (χ1n) is 6.62. The summed E-state index contributed by atoms with van der Waals surface area (Å²) in [7, 11) is 5.42. The van der Waals surface area contributed by atoms with Gasteiger partial charge in [0.2, 0.25) is 5.91 Å². The molecular weight excluding hydrogens is 240 g/mol. The molecule has 0 aliphatic rings. The second-order valence-corrected chi connectivity index (χ2v) is 4.80. The Hall–Kier alpha value is -1.62. The fourth-order valence-electron chi connectivity index (χ4n) is 1.79. The molecule has 1 amide bonds. The fourth-order valence-corrected chi connectivity index (χ4v) is 1.79. The van der Waals surface area contributed by atoms with Gasteiger partial charge in [-0.15, -0.1) is 0 Å². The van der Waals surface area contributed by atoms with Gasteiger partial charge in [-0.05, 0) is 24.6 Å². The first kappa shape index (κ1) is 15.4. The van der Waals surface area contributed by atoms with Crippen molar-refractivity contribution in [3.05, 3.63) is 23.9 Å². The Morgan fingerprint density at radius 1 is 1.37 bits per heavy atom. The van der Waals surface area contributed by atoms with Gasteiger partial charge in [-0.3, -0.25) is 9.69 Å². The minimum Gasteiger partial charge on any atom is -0.373 e. The second-order valence-electron chi connectivity index (χ2n) is 4.80. The molecule has 5 heteroatoms. The normalized spacial score (nSPS) is 10.6. The number of nitrogens with zero attached hydrogens (tertiary/aromatic N) is 3. The van der Waals surface area contributed by atoms with Crippen LogP contribution in [0.5, 0.6) is 0 Å². The third-order valence-electron chi connectivity index (χ3n) is 2.88. The van der Waals surface area contributed by atoms with E-state index in [0.29, 0.717) is 6.54 Å². The summed E-state index contributed by atoms with van der Waals surface area (Å²) in [5.41, 5.74) is 1.12. The number of carbonyl (C=O) groups excluding carboxylic acids is 1. The molecule has 0 radical (unpaired) electrons. The van der Waals surface area contributed by atoms with Crippen LogP contribution in [0.15, 0.2) is 18.3 Å². The van der Waals surface area contributed by atoms with Gasteiger partial charge in [0.25, 0.3) is 0 Å². The molecule has 1 N–H and O–H groups in total. The van der Waals surface area contributed by atoms with Crippen LogP contribution in [0, 0.1) is 0 Å². The summed E-state index contributed by atoms with van der Waals surface area (Å²) in [4.78, 5) is 19.8. The van der Waals surface area contributed by atoms with Crippen molar-refractivity contribution in [3.8, 4) is 0 Å². The zero-order chi connectivity index (χ0) is 14.3. The van der Waals surface area contributed by atoms with E-state index in [1.165, 1.54) is 0 Å². The summed E-state index contributed by atoms with van der Waals surface area (Å²) in [6.07, 6.45) is 2.89. The van der Waals surface area contributed by atoms with Crippen LogP contribution in [0.3, 0.4) is 0 Å². The molecule has 5 nitrogen and oxygen atoms in total.